The molecule has 29 heteroatoms. The van der Waals surface area contributed by atoms with Crippen LogP contribution in [0.25, 0.3) is 0 Å². The number of aliphatic hydroxyl groups is 4. The molecule has 11 rings (SSSR count). The number of carbonyl (C=O) groups is 10. The summed E-state index contributed by atoms with van der Waals surface area (Å²) in [6.45, 7) is 8.74. The summed E-state index contributed by atoms with van der Waals surface area (Å²) in [7, 11) is 1.49. The number of fused-ring (bicyclic) bond motifs is 10. The second kappa shape index (κ2) is 32.5. The number of alkyl halides is 3. The number of hydrogen-bond acceptors (Lipinski definition) is 20. The number of aliphatic hydroxyl groups excluding tert-OH is 2. The standard InChI is InChI=1S/C26H34O8.C25H34O8.C21H16ClF3N4O3.2Na/c1-14-10-16-17-7-9-26(33,20(29)13-34-22(32)5-4-21(30)31)25(17,3)12-19(28)23(16)24(2)8-6-15(27)11-18(14)24;1-23-9-7-15(26)11-14(23)3-4-16-17-8-10-25(32,24(17,2)12-18(27)22(16)23)19(28)13-33-21(31)6-5-20(29)30;1-26-19(30)18-11-15(8-9-27-18)32-14-5-2-12(3-6-14)28-20(31)29-13-4-7-17(22)16(10-13)21(23,24)25;;/h6,8,11,14,16-17,19,23,28,33H,4-5,7,9-10,12-13H2,1-3H3,(H,30,31);11,16-18,22,27,32H,3-10,12-13H2,1-2H3,(H,29,30);2-11H,1H3,(H,26,30)(H2,28,29,31);;/q;;;2*+1/p-2/t14-,16-,17-,19-,23+,24-,25-,26-;16-,17-,18-,22+,23-,24-,25-;;;/m00.../s1. The summed E-state index contributed by atoms with van der Waals surface area (Å²) in [4.78, 5) is 123. The molecule has 15 atom stereocenters. The van der Waals surface area contributed by atoms with Gasteiger partial charge in [0.15, 0.2) is 24.8 Å². The summed E-state index contributed by atoms with van der Waals surface area (Å²) >= 11 is 5.57. The van der Waals surface area contributed by atoms with Crippen molar-refractivity contribution in [2.75, 3.05) is 30.9 Å². The number of carboxylic acids is 2. The molecule has 0 aliphatic heterocycles. The smallest absolute Gasteiger partial charge is 0.550 e. The minimum absolute atomic E-state index is 0. The van der Waals surface area contributed by atoms with Gasteiger partial charge in [0.2, 0.25) is 11.6 Å². The van der Waals surface area contributed by atoms with E-state index < -0.39 is 137 Å². The fourth-order valence-electron chi connectivity index (χ4n) is 18.0. The zero-order valence-corrected chi connectivity index (χ0v) is 62.4. The largest absolute Gasteiger partial charge is 1.00 e. The molecule has 8 aliphatic rings. The third-order valence-corrected chi connectivity index (χ3v) is 23.1. The number of Topliss-reactive ketones (excluding diaryl/α,β-unsaturated/α-hetero) is 2. The molecule has 1 heterocycles. The molecule has 8 aliphatic carbocycles. The predicted octanol–water partition coefficient (Wildman–Crippen LogP) is 1.30. The maximum Gasteiger partial charge on any atom is 1.00 e. The van der Waals surface area contributed by atoms with Gasteiger partial charge in [-0.25, -0.2) is 4.79 Å². The minimum Gasteiger partial charge on any atom is -0.550 e. The van der Waals surface area contributed by atoms with Gasteiger partial charge in [-0.05, 0) is 185 Å². The number of esters is 2. The molecular formula is C72H82ClF3N4Na2O19. The van der Waals surface area contributed by atoms with Crippen LogP contribution in [-0.4, -0.2) is 128 Å². The maximum absolute atomic E-state index is 13.1. The molecule has 0 bridgehead atoms. The van der Waals surface area contributed by atoms with Crippen molar-refractivity contribution >= 4 is 81.9 Å². The van der Waals surface area contributed by atoms with Crippen LogP contribution in [0.15, 0.2) is 96.2 Å². The molecular weight excluding hydrogens is 1360 g/mol. The molecule has 0 saturated heterocycles. The van der Waals surface area contributed by atoms with Gasteiger partial charge in [-0.1, -0.05) is 63.4 Å². The van der Waals surface area contributed by atoms with Crippen LogP contribution < -0.4 is 90.0 Å². The number of benzene rings is 2. The Balaban J connectivity index is 0.000000211. The van der Waals surface area contributed by atoms with Crippen LogP contribution in [-0.2, 0) is 54.0 Å². The van der Waals surface area contributed by atoms with Gasteiger partial charge in [-0.15, -0.1) is 0 Å². The average Bonchev–Trinajstić information content (AvgIpc) is 1.64. The average molecular weight is 1450 g/mol. The Morgan fingerprint density at radius 1 is 0.693 bits per heavy atom. The number of urea groups is 1. The maximum atomic E-state index is 13.1. The Bertz CT molecular complexity index is 3820. The van der Waals surface area contributed by atoms with Crippen molar-refractivity contribution in [3.05, 3.63) is 113 Å². The van der Waals surface area contributed by atoms with Gasteiger partial charge in [-0.2, -0.15) is 13.2 Å². The van der Waals surface area contributed by atoms with E-state index in [1.165, 1.54) is 25.4 Å². The molecule has 6 saturated carbocycles. The number of ether oxygens (including phenoxy) is 3. The summed E-state index contributed by atoms with van der Waals surface area (Å²) in [5, 5.41) is 73.8. The first-order valence-electron chi connectivity index (χ1n) is 33.1. The van der Waals surface area contributed by atoms with Gasteiger partial charge in [-0.3, -0.25) is 38.5 Å². The van der Waals surface area contributed by atoms with Gasteiger partial charge >= 0.3 is 83.3 Å². The summed E-state index contributed by atoms with van der Waals surface area (Å²) in [6.07, 6.45) is 6.15. The van der Waals surface area contributed by atoms with Crippen LogP contribution in [0.3, 0.4) is 0 Å². The number of halogens is 4. The van der Waals surface area contributed by atoms with Crippen LogP contribution in [0.1, 0.15) is 147 Å². The fraction of sp³-hybridized carbons (Fsp3) is 0.542. The molecule has 6 fully saturated rings. The molecule has 534 valence electrons. The van der Waals surface area contributed by atoms with E-state index in [2.05, 4.69) is 41.7 Å². The summed E-state index contributed by atoms with van der Waals surface area (Å²) in [6, 6.07) is 11.6. The number of allylic oxidation sites excluding steroid dienone is 5. The van der Waals surface area contributed by atoms with E-state index in [1.54, 1.807) is 48.6 Å². The zero-order valence-electron chi connectivity index (χ0n) is 57.7. The number of pyridine rings is 1. The molecule has 3 aromatic rings. The van der Waals surface area contributed by atoms with E-state index in [0.29, 0.717) is 42.9 Å². The first-order valence-corrected chi connectivity index (χ1v) is 33.5. The van der Waals surface area contributed by atoms with Gasteiger partial charge in [0.05, 0.1) is 35.6 Å². The van der Waals surface area contributed by atoms with Crippen molar-refractivity contribution in [2.24, 2.45) is 63.1 Å². The molecule has 0 unspecified atom stereocenters. The molecule has 101 heavy (non-hydrogen) atoms. The summed E-state index contributed by atoms with van der Waals surface area (Å²) in [5.74, 6) is -4.92. The minimum atomic E-state index is -4.64. The number of amides is 3. The van der Waals surface area contributed by atoms with Crippen molar-refractivity contribution in [1.82, 2.24) is 10.3 Å². The molecule has 2 aromatic carbocycles. The Kier molecular flexibility index (Phi) is 26.4. The Labute approximate surface area is 631 Å². The van der Waals surface area contributed by atoms with E-state index in [9.17, 15) is 91.8 Å². The van der Waals surface area contributed by atoms with Crippen LogP contribution in [0, 0.1) is 63.1 Å². The van der Waals surface area contributed by atoms with E-state index in [4.69, 9.17) is 25.8 Å². The molecule has 7 N–H and O–H groups in total. The summed E-state index contributed by atoms with van der Waals surface area (Å²) < 4.78 is 54.4. The molecule has 0 spiro atoms. The van der Waals surface area contributed by atoms with Gasteiger partial charge in [0, 0.05) is 71.2 Å². The topological polar surface area (TPSA) is 374 Å². The van der Waals surface area contributed by atoms with Crippen LogP contribution in [0.4, 0.5) is 29.3 Å². The number of aromatic nitrogens is 1. The van der Waals surface area contributed by atoms with E-state index in [1.807, 2.05) is 19.9 Å². The number of carboxylic acid groups (broad SMARTS) is 2. The molecule has 23 nitrogen and oxygen atoms in total. The number of hydrogen-bond donors (Lipinski definition) is 7. The fourth-order valence-corrected chi connectivity index (χ4v) is 18.3. The van der Waals surface area contributed by atoms with Gasteiger partial charge in [0.1, 0.15) is 28.4 Å². The van der Waals surface area contributed by atoms with Gasteiger partial charge in [0.25, 0.3) is 5.91 Å². The Morgan fingerprint density at radius 2 is 1.24 bits per heavy atom. The van der Waals surface area contributed by atoms with Crippen molar-refractivity contribution in [3.63, 3.8) is 0 Å². The monoisotopic (exact) mass is 1440 g/mol. The number of nitrogens with zero attached hydrogens (tertiary/aromatic N) is 1. The third kappa shape index (κ3) is 17.0. The molecule has 0 radical (unpaired) electrons. The van der Waals surface area contributed by atoms with Crippen LogP contribution in [0.2, 0.25) is 5.02 Å². The normalized spacial score (nSPS) is 31.6. The van der Waals surface area contributed by atoms with Crippen LogP contribution in [0.5, 0.6) is 11.5 Å². The first-order chi connectivity index (χ1) is 46.4. The first kappa shape index (κ1) is 82.1. The third-order valence-electron chi connectivity index (χ3n) is 22.8. The number of anilines is 2. The van der Waals surface area contributed by atoms with Gasteiger partial charge < -0.3 is 70.4 Å². The molecule has 1 aromatic heterocycles. The van der Waals surface area contributed by atoms with Crippen LogP contribution >= 0.6 is 11.6 Å². The zero-order chi connectivity index (χ0) is 72.5. The number of aliphatic carboxylic acids is 2. The Morgan fingerprint density at radius 3 is 1.79 bits per heavy atom. The number of nitrogens with one attached hydrogen (secondary N) is 3. The Hall–Kier alpha value is -6.17. The van der Waals surface area contributed by atoms with Crippen molar-refractivity contribution < 1.29 is 165 Å². The predicted molar refractivity (Wildman–Crippen MR) is 344 cm³/mol. The number of ketones is 4. The van der Waals surface area contributed by atoms with Crippen molar-refractivity contribution in [1.29, 1.82) is 0 Å². The van der Waals surface area contributed by atoms with E-state index in [-0.39, 0.29) is 160 Å². The number of carbonyl (C=O) groups excluding carboxylic acids is 10. The van der Waals surface area contributed by atoms with E-state index >= 15 is 0 Å². The van der Waals surface area contributed by atoms with E-state index in [0.717, 1.165) is 42.5 Å². The quantitative estimate of drug-likeness (QED) is 0.0740. The second-order valence-corrected chi connectivity index (χ2v) is 28.8. The molecule has 3 amide bonds. The van der Waals surface area contributed by atoms with Crippen molar-refractivity contribution in [2.45, 2.75) is 161 Å². The second-order valence-electron chi connectivity index (χ2n) is 28.4. The van der Waals surface area contributed by atoms with Crippen molar-refractivity contribution in [3.8, 4) is 11.5 Å². The SMILES string of the molecule is CNC(=O)c1cc(Oc2ccc(NC(=O)Nc3ccc(Cl)c(C(F)(F)F)c3)cc2)ccn1.C[C@H]1C[C@@H]2[C@H]([C@@H](O)C[C@@]3(C)[C@H]2CC[C@]3(O)C(=O)COC(=O)CCC(=O)[O-])[C@@]2(C)C=CC(=O)C=C12.C[C@]12CCC(=O)C=C1CC[C@@H]1[C@@H]2[C@@H](O)C[C@@]2(C)[C@H]1CC[C@]2(O)C(=O)COC(=O)CCC(=O)[O-].[Na+].[Na+]. The summed E-state index contributed by atoms with van der Waals surface area (Å²) in [5.41, 5.74) is -4.33. The number of rotatable bonds is 17.